The molecule has 1 aliphatic rings. The van der Waals surface area contributed by atoms with Gasteiger partial charge in [-0.3, -0.25) is 9.78 Å². The molecule has 27 heavy (non-hydrogen) atoms. The van der Waals surface area contributed by atoms with Crippen LogP contribution >= 0.6 is 11.6 Å². The van der Waals surface area contributed by atoms with Gasteiger partial charge in [-0.05, 0) is 29.3 Å². The van der Waals surface area contributed by atoms with E-state index in [4.69, 9.17) is 16.7 Å². The van der Waals surface area contributed by atoms with Crippen molar-refractivity contribution < 1.29 is 14.7 Å². The van der Waals surface area contributed by atoms with Crippen molar-refractivity contribution in [2.45, 2.75) is 13.1 Å². The van der Waals surface area contributed by atoms with Crippen molar-refractivity contribution in [2.24, 2.45) is 0 Å². The zero-order valence-electron chi connectivity index (χ0n) is 14.2. The van der Waals surface area contributed by atoms with E-state index in [-0.39, 0.29) is 16.5 Å². The van der Waals surface area contributed by atoms with Crippen molar-refractivity contribution in [1.29, 1.82) is 0 Å². The van der Waals surface area contributed by atoms with E-state index in [2.05, 4.69) is 4.98 Å². The van der Waals surface area contributed by atoms with E-state index in [0.29, 0.717) is 29.9 Å². The molecule has 2 aromatic carbocycles. The first-order valence-electron chi connectivity index (χ1n) is 8.38. The van der Waals surface area contributed by atoms with E-state index >= 15 is 0 Å². The van der Waals surface area contributed by atoms with Crippen LogP contribution in [0.3, 0.4) is 0 Å². The summed E-state index contributed by atoms with van der Waals surface area (Å²) in [5, 5.41) is 9.26. The summed E-state index contributed by atoms with van der Waals surface area (Å²) in [6.45, 7) is 1.18. The van der Waals surface area contributed by atoms with Crippen molar-refractivity contribution in [2.75, 3.05) is 0 Å². The molecule has 134 valence electrons. The molecule has 0 spiro atoms. The summed E-state index contributed by atoms with van der Waals surface area (Å²) in [6.07, 6.45) is 1.26. The van der Waals surface area contributed by atoms with Crippen LogP contribution < -0.4 is 0 Å². The van der Waals surface area contributed by atoms with E-state index < -0.39 is 5.97 Å². The van der Waals surface area contributed by atoms with Gasteiger partial charge in [0.1, 0.15) is 0 Å². The number of hydrogen-bond donors (Lipinski definition) is 1. The highest BCUT2D eigenvalue weighted by Crippen LogP contribution is 2.29. The minimum Gasteiger partial charge on any atom is -0.478 e. The number of carboxylic acid groups (broad SMARTS) is 1. The largest absolute Gasteiger partial charge is 0.478 e. The average Bonchev–Trinajstić information content (AvgIpc) is 3.11. The maximum absolute atomic E-state index is 12.9. The molecule has 5 nitrogen and oxygen atoms in total. The Kier molecular flexibility index (Phi) is 4.38. The number of fused-ring (bicyclic) bond motifs is 1. The zero-order valence-corrected chi connectivity index (χ0v) is 15.0. The molecule has 0 fully saturated rings. The smallest absolute Gasteiger partial charge is 0.337 e. The van der Waals surface area contributed by atoms with Crippen LogP contribution in [-0.4, -0.2) is 26.9 Å². The lowest BCUT2D eigenvalue weighted by Crippen LogP contribution is -2.25. The number of carboxylic acids is 1. The minimum atomic E-state index is -1.09. The normalized spacial score (nSPS) is 12.7. The van der Waals surface area contributed by atoms with Gasteiger partial charge in [-0.1, -0.05) is 48.0 Å². The Morgan fingerprint density at radius 1 is 0.963 bits per heavy atom. The monoisotopic (exact) mass is 378 g/mol. The van der Waals surface area contributed by atoms with Crippen LogP contribution in [0.15, 0.2) is 60.8 Å². The number of pyridine rings is 1. The lowest BCUT2D eigenvalue weighted by atomic mass is 10.1. The fraction of sp³-hybridized carbons (Fsp3) is 0.0952. The highest BCUT2D eigenvalue weighted by molar-refractivity contribution is 6.33. The molecule has 1 aromatic heterocycles. The Hall–Kier alpha value is -3.18. The number of halogens is 1. The fourth-order valence-corrected chi connectivity index (χ4v) is 3.50. The molecular weight excluding hydrogens is 364 g/mol. The Bertz CT molecular complexity index is 1040. The lowest BCUT2D eigenvalue weighted by Gasteiger charge is -2.16. The van der Waals surface area contributed by atoms with Crippen molar-refractivity contribution in [3.63, 3.8) is 0 Å². The first kappa shape index (κ1) is 17.2. The molecule has 0 radical (unpaired) electrons. The maximum Gasteiger partial charge on any atom is 0.337 e. The van der Waals surface area contributed by atoms with Crippen LogP contribution in [0.4, 0.5) is 0 Å². The van der Waals surface area contributed by atoms with E-state index in [9.17, 15) is 9.59 Å². The summed E-state index contributed by atoms with van der Waals surface area (Å²) in [6, 6.07) is 16.4. The van der Waals surface area contributed by atoms with Crippen LogP contribution in [0.2, 0.25) is 5.02 Å². The van der Waals surface area contributed by atoms with E-state index in [1.807, 2.05) is 24.3 Å². The molecular formula is C21H15ClN2O3. The fourth-order valence-electron chi connectivity index (χ4n) is 3.23. The maximum atomic E-state index is 12.9. The summed E-state index contributed by atoms with van der Waals surface area (Å²) < 4.78 is 0. The van der Waals surface area contributed by atoms with E-state index in [1.165, 1.54) is 12.3 Å². The van der Waals surface area contributed by atoms with Gasteiger partial charge in [0.2, 0.25) is 0 Å². The molecule has 2 heterocycles. The van der Waals surface area contributed by atoms with E-state index in [0.717, 1.165) is 11.1 Å². The van der Waals surface area contributed by atoms with Crippen molar-refractivity contribution in [3.05, 3.63) is 88.1 Å². The van der Waals surface area contributed by atoms with Gasteiger partial charge in [0, 0.05) is 30.4 Å². The minimum absolute atomic E-state index is 0.0193. The Morgan fingerprint density at radius 3 is 2.30 bits per heavy atom. The van der Waals surface area contributed by atoms with Gasteiger partial charge in [0.15, 0.2) is 0 Å². The molecule has 0 saturated heterocycles. The molecule has 0 atom stereocenters. The van der Waals surface area contributed by atoms with Crippen LogP contribution in [0, 0.1) is 0 Å². The van der Waals surface area contributed by atoms with Gasteiger partial charge in [-0.25, -0.2) is 4.79 Å². The summed E-state index contributed by atoms with van der Waals surface area (Å²) in [7, 11) is 0. The van der Waals surface area contributed by atoms with Crippen molar-refractivity contribution in [1.82, 2.24) is 9.88 Å². The number of hydrogen-bond acceptors (Lipinski definition) is 3. The first-order chi connectivity index (χ1) is 13.0. The Balaban J connectivity index is 1.62. The summed E-state index contributed by atoms with van der Waals surface area (Å²) in [4.78, 5) is 29.9. The summed E-state index contributed by atoms with van der Waals surface area (Å²) >= 11 is 6.21. The van der Waals surface area contributed by atoms with Crippen molar-refractivity contribution in [3.8, 4) is 11.3 Å². The predicted molar refractivity (Wildman–Crippen MR) is 102 cm³/mol. The van der Waals surface area contributed by atoms with Crippen LogP contribution in [0.1, 0.15) is 31.8 Å². The molecule has 0 unspecified atom stereocenters. The number of benzene rings is 2. The number of carbonyl (C=O) groups is 2. The third-order valence-corrected chi connectivity index (χ3v) is 4.89. The number of aromatic nitrogens is 1. The van der Waals surface area contributed by atoms with E-state index in [1.54, 1.807) is 29.2 Å². The quantitative estimate of drug-likeness (QED) is 0.739. The second kappa shape index (κ2) is 6.85. The van der Waals surface area contributed by atoms with Crippen LogP contribution in [-0.2, 0) is 13.1 Å². The predicted octanol–water partition coefficient (Wildman–Crippen LogP) is 4.26. The number of rotatable bonds is 3. The molecule has 1 amide bonds. The van der Waals surface area contributed by atoms with Crippen LogP contribution in [0.5, 0.6) is 0 Å². The Labute approximate surface area is 160 Å². The molecule has 1 N–H and O–H groups in total. The van der Waals surface area contributed by atoms with Gasteiger partial charge in [0.05, 0.1) is 16.3 Å². The SMILES string of the molecule is O=C(O)c1cnc(-c2cccc(C(=O)N3Cc4ccccc4C3)c2)c(Cl)c1. The molecule has 0 saturated carbocycles. The number of amides is 1. The molecule has 0 aliphatic carbocycles. The second-order valence-corrected chi connectivity index (χ2v) is 6.78. The standard InChI is InChI=1S/C21H15ClN2O3/c22-18-9-17(21(26)27)10-23-19(18)13-6-3-7-14(8-13)20(25)24-11-15-4-1-2-5-16(15)12-24/h1-10H,11-12H2,(H,26,27). The Morgan fingerprint density at radius 2 is 1.67 bits per heavy atom. The third-order valence-electron chi connectivity index (χ3n) is 4.60. The van der Waals surface area contributed by atoms with Crippen LogP contribution in [0.25, 0.3) is 11.3 Å². The first-order valence-corrected chi connectivity index (χ1v) is 8.76. The lowest BCUT2D eigenvalue weighted by molar-refractivity contribution is 0.0695. The molecule has 0 bridgehead atoms. The average molecular weight is 379 g/mol. The summed E-state index contributed by atoms with van der Waals surface area (Å²) in [5.41, 5.74) is 4.00. The number of aromatic carboxylic acids is 1. The van der Waals surface area contributed by atoms with Gasteiger partial charge < -0.3 is 10.0 Å². The molecule has 6 heteroatoms. The highest BCUT2D eigenvalue weighted by atomic mass is 35.5. The van der Waals surface area contributed by atoms with Crippen molar-refractivity contribution >= 4 is 23.5 Å². The third kappa shape index (κ3) is 3.29. The van der Waals surface area contributed by atoms with Gasteiger partial charge in [0.25, 0.3) is 5.91 Å². The highest BCUT2D eigenvalue weighted by Gasteiger charge is 2.24. The number of nitrogens with zero attached hydrogens (tertiary/aromatic N) is 2. The summed E-state index contributed by atoms with van der Waals surface area (Å²) in [5.74, 6) is -1.15. The topological polar surface area (TPSA) is 70.5 Å². The zero-order chi connectivity index (χ0) is 19.0. The van der Waals surface area contributed by atoms with Gasteiger partial charge >= 0.3 is 5.97 Å². The molecule has 3 aromatic rings. The second-order valence-electron chi connectivity index (χ2n) is 6.37. The van der Waals surface area contributed by atoms with Gasteiger partial charge in [-0.15, -0.1) is 0 Å². The van der Waals surface area contributed by atoms with Gasteiger partial charge in [-0.2, -0.15) is 0 Å². The molecule has 1 aliphatic heterocycles. The number of carbonyl (C=O) groups excluding carboxylic acids is 1. The molecule has 4 rings (SSSR count).